The van der Waals surface area contributed by atoms with Gasteiger partial charge >= 0.3 is 6.03 Å². The Balaban J connectivity index is 1.93. The largest absolute Gasteiger partial charge is 0.329 e. The fraction of sp³-hybridized carbons (Fsp3) is 0.556. The lowest BCUT2D eigenvalue weighted by molar-refractivity contribution is -0.125. The van der Waals surface area contributed by atoms with E-state index in [0.29, 0.717) is 12.2 Å². The van der Waals surface area contributed by atoms with Gasteiger partial charge in [-0.05, 0) is 6.92 Å². The first-order valence-electron chi connectivity index (χ1n) is 5.31. The van der Waals surface area contributed by atoms with E-state index in [-0.39, 0.29) is 31.1 Å². The number of imide groups is 1. The molecule has 8 nitrogen and oxygen atoms in total. The van der Waals surface area contributed by atoms with Gasteiger partial charge in [-0.1, -0.05) is 5.21 Å². The minimum atomic E-state index is -0.359. The summed E-state index contributed by atoms with van der Waals surface area (Å²) in [6, 6.07) is -0.539. The molecule has 3 N–H and O–H groups in total. The molecule has 3 amide bonds. The van der Waals surface area contributed by atoms with Crippen molar-refractivity contribution in [3.8, 4) is 0 Å². The Labute approximate surface area is 97.7 Å². The summed E-state index contributed by atoms with van der Waals surface area (Å²) in [5.41, 5.74) is 6.33. The molecule has 2 rings (SSSR count). The Morgan fingerprint density at radius 1 is 1.53 bits per heavy atom. The van der Waals surface area contributed by atoms with Crippen molar-refractivity contribution in [1.82, 2.24) is 25.2 Å². The van der Waals surface area contributed by atoms with Gasteiger partial charge in [0.1, 0.15) is 0 Å². The highest BCUT2D eigenvalue weighted by Gasteiger charge is 2.27. The number of amides is 3. The molecule has 0 aromatic carbocycles. The molecule has 17 heavy (non-hydrogen) atoms. The van der Waals surface area contributed by atoms with Crippen LogP contribution in [0.2, 0.25) is 0 Å². The third-order valence-corrected chi connectivity index (χ3v) is 2.51. The molecular weight excluding hydrogens is 224 g/mol. The van der Waals surface area contributed by atoms with Gasteiger partial charge in [-0.25, -0.2) is 4.79 Å². The van der Waals surface area contributed by atoms with E-state index < -0.39 is 0 Å². The molecule has 1 atom stereocenters. The number of carbonyl (C=O) groups is 2. The highest BCUT2D eigenvalue weighted by Crippen LogP contribution is 2.04. The zero-order chi connectivity index (χ0) is 12.4. The van der Waals surface area contributed by atoms with E-state index in [1.807, 2.05) is 6.92 Å². The van der Waals surface area contributed by atoms with Crippen LogP contribution in [0.5, 0.6) is 0 Å². The van der Waals surface area contributed by atoms with Crippen LogP contribution in [0.3, 0.4) is 0 Å². The Morgan fingerprint density at radius 3 is 2.82 bits per heavy atom. The van der Waals surface area contributed by atoms with Gasteiger partial charge in [-0.3, -0.25) is 14.4 Å². The number of urea groups is 1. The second-order valence-corrected chi connectivity index (χ2v) is 3.90. The third kappa shape index (κ3) is 2.41. The maximum absolute atomic E-state index is 11.3. The molecule has 92 valence electrons. The molecule has 0 spiro atoms. The first kappa shape index (κ1) is 11.5. The summed E-state index contributed by atoms with van der Waals surface area (Å²) in [5.74, 6) is -0.220. The predicted molar refractivity (Wildman–Crippen MR) is 57.7 cm³/mol. The Morgan fingerprint density at radius 2 is 2.29 bits per heavy atom. The average Bonchev–Trinajstić information content (AvgIpc) is 2.85. The predicted octanol–water partition coefficient (Wildman–Crippen LogP) is -1.15. The molecule has 0 aliphatic carbocycles. The fourth-order valence-corrected chi connectivity index (χ4v) is 1.52. The summed E-state index contributed by atoms with van der Waals surface area (Å²) < 4.78 is 1.57. The summed E-state index contributed by atoms with van der Waals surface area (Å²) in [6.45, 7) is 2.58. The number of hydrogen-bond acceptors (Lipinski definition) is 5. The fourth-order valence-electron chi connectivity index (χ4n) is 1.52. The van der Waals surface area contributed by atoms with Crippen molar-refractivity contribution in [3.05, 3.63) is 11.9 Å². The lowest BCUT2D eigenvalue weighted by atomic mass is 10.3. The van der Waals surface area contributed by atoms with Crippen molar-refractivity contribution in [2.24, 2.45) is 5.73 Å². The molecule has 0 bridgehead atoms. The smallest absolute Gasteiger partial charge is 0.324 e. The van der Waals surface area contributed by atoms with Crippen molar-refractivity contribution in [1.29, 1.82) is 0 Å². The van der Waals surface area contributed by atoms with E-state index in [4.69, 9.17) is 5.73 Å². The molecule has 1 unspecified atom stereocenters. The lowest BCUT2D eigenvalue weighted by Crippen LogP contribution is -2.33. The van der Waals surface area contributed by atoms with Crippen LogP contribution in [-0.4, -0.2) is 44.9 Å². The normalized spacial score (nSPS) is 17.4. The van der Waals surface area contributed by atoms with Crippen molar-refractivity contribution < 1.29 is 9.59 Å². The molecule has 0 saturated carbocycles. The molecule has 1 saturated heterocycles. The lowest BCUT2D eigenvalue weighted by Gasteiger charge is -2.11. The number of rotatable bonds is 4. The molecule has 8 heteroatoms. The Bertz CT molecular complexity index is 424. The number of aromatic nitrogens is 3. The van der Waals surface area contributed by atoms with Crippen LogP contribution in [0.1, 0.15) is 18.7 Å². The van der Waals surface area contributed by atoms with Crippen molar-refractivity contribution in [3.63, 3.8) is 0 Å². The first-order valence-corrected chi connectivity index (χ1v) is 5.31. The minimum Gasteiger partial charge on any atom is -0.329 e. The van der Waals surface area contributed by atoms with Gasteiger partial charge in [0.2, 0.25) is 5.91 Å². The average molecular weight is 238 g/mol. The Hall–Kier alpha value is -1.96. The summed E-state index contributed by atoms with van der Waals surface area (Å²) >= 11 is 0. The second kappa shape index (κ2) is 4.50. The minimum absolute atomic E-state index is 0.0707. The molecule has 1 aromatic rings. The maximum Gasteiger partial charge on any atom is 0.324 e. The standard InChI is InChI=1S/C9H14N6O2/c1-6(10)7-5-14(13-12-7)2-3-15-8(16)4-11-9(15)17/h5-6H,2-4,10H2,1H3,(H,11,17). The zero-order valence-electron chi connectivity index (χ0n) is 9.46. The van der Waals surface area contributed by atoms with Crippen molar-refractivity contribution in [2.75, 3.05) is 13.1 Å². The number of nitrogens with zero attached hydrogens (tertiary/aromatic N) is 4. The summed E-state index contributed by atoms with van der Waals surface area (Å²) in [7, 11) is 0. The molecule has 1 aliphatic heterocycles. The number of hydrogen-bond donors (Lipinski definition) is 2. The van der Waals surface area contributed by atoms with Gasteiger partial charge in [-0.15, -0.1) is 5.10 Å². The molecule has 0 radical (unpaired) electrons. The van der Waals surface area contributed by atoms with E-state index in [9.17, 15) is 9.59 Å². The summed E-state index contributed by atoms with van der Waals surface area (Å²) in [5, 5.41) is 10.2. The van der Waals surface area contributed by atoms with E-state index in [1.54, 1.807) is 10.9 Å². The highest BCUT2D eigenvalue weighted by atomic mass is 16.2. The van der Waals surface area contributed by atoms with Crippen molar-refractivity contribution >= 4 is 11.9 Å². The molecule has 1 aliphatic rings. The zero-order valence-corrected chi connectivity index (χ0v) is 9.46. The van der Waals surface area contributed by atoms with Crippen molar-refractivity contribution in [2.45, 2.75) is 19.5 Å². The third-order valence-electron chi connectivity index (χ3n) is 2.51. The van der Waals surface area contributed by atoms with Crippen LogP contribution < -0.4 is 11.1 Å². The van der Waals surface area contributed by atoms with E-state index >= 15 is 0 Å². The first-order chi connectivity index (χ1) is 8.08. The van der Waals surface area contributed by atoms with Crippen LogP contribution in [0.25, 0.3) is 0 Å². The quantitative estimate of drug-likeness (QED) is 0.644. The van der Waals surface area contributed by atoms with Gasteiger partial charge in [0.25, 0.3) is 0 Å². The highest BCUT2D eigenvalue weighted by molar-refractivity contribution is 6.01. The summed E-state index contributed by atoms with van der Waals surface area (Å²) in [6.07, 6.45) is 1.71. The van der Waals surface area contributed by atoms with E-state index in [0.717, 1.165) is 4.90 Å². The summed E-state index contributed by atoms with van der Waals surface area (Å²) in [4.78, 5) is 23.7. The SMILES string of the molecule is CC(N)c1cn(CCN2C(=O)CNC2=O)nn1. The molecule has 1 aromatic heterocycles. The monoisotopic (exact) mass is 238 g/mol. The van der Waals surface area contributed by atoms with Gasteiger partial charge in [0.05, 0.1) is 31.5 Å². The number of carbonyl (C=O) groups excluding carboxylic acids is 2. The van der Waals surface area contributed by atoms with Gasteiger partial charge in [-0.2, -0.15) is 0 Å². The molecule has 2 heterocycles. The maximum atomic E-state index is 11.3. The van der Waals surface area contributed by atoms with Crippen LogP contribution in [-0.2, 0) is 11.3 Å². The molecular formula is C9H14N6O2. The number of nitrogens with one attached hydrogen (secondary N) is 1. The van der Waals surface area contributed by atoms with E-state index in [1.165, 1.54) is 0 Å². The van der Waals surface area contributed by atoms with Crippen LogP contribution in [0, 0.1) is 0 Å². The Kier molecular flexibility index (Phi) is 3.05. The van der Waals surface area contributed by atoms with Crippen LogP contribution in [0.4, 0.5) is 4.79 Å². The van der Waals surface area contributed by atoms with Gasteiger partial charge < -0.3 is 11.1 Å². The molecule has 1 fully saturated rings. The van der Waals surface area contributed by atoms with Gasteiger partial charge in [0, 0.05) is 6.04 Å². The second-order valence-electron chi connectivity index (χ2n) is 3.90. The van der Waals surface area contributed by atoms with Crippen LogP contribution in [0.15, 0.2) is 6.20 Å². The van der Waals surface area contributed by atoms with Gasteiger partial charge in [0.15, 0.2) is 0 Å². The number of nitrogens with two attached hydrogens (primary N) is 1. The van der Waals surface area contributed by atoms with Crippen LogP contribution >= 0.6 is 0 Å². The van der Waals surface area contributed by atoms with E-state index in [2.05, 4.69) is 15.6 Å². The topological polar surface area (TPSA) is 106 Å².